The van der Waals surface area contributed by atoms with Gasteiger partial charge in [-0.25, -0.2) is 0 Å². The molecule has 0 radical (unpaired) electrons. The third kappa shape index (κ3) is 3.06. The summed E-state index contributed by atoms with van der Waals surface area (Å²) >= 11 is 0. The molecule has 1 fully saturated rings. The lowest BCUT2D eigenvalue weighted by atomic mass is 10.1. The number of rotatable bonds is 3. The van der Waals surface area contributed by atoms with E-state index in [1.54, 1.807) is 34.0 Å². The zero-order valence-corrected chi connectivity index (χ0v) is 12.9. The highest BCUT2D eigenvalue weighted by Gasteiger charge is 2.24. The van der Waals surface area contributed by atoms with Crippen molar-refractivity contribution in [3.63, 3.8) is 0 Å². The number of carbonyl (C=O) groups excluding carboxylic acids is 1. The van der Waals surface area contributed by atoms with Crippen molar-refractivity contribution < 1.29 is 14.3 Å². The number of hydrogen-bond donors (Lipinski definition) is 0. The molecule has 1 aliphatic rings. The molecule has 118 valence electrons. The first-order valence-corrected chi connectivity index (χ1v) is 7.63. The minimum Gasteiger partial charge on any atom is -0.312 e. The van der Waals surface area contributed by atoms with Gasteiger partial charge in [0.25, 0.3) is 5.69 Å². The van der Waals surface area contributed by atoms with E-state index in [9.17, 15) is 14.9 Å². The van der Waals surface area contributed by atoms with E-state index < -0.39 is 0 Å². The molecule has 1 aliphatic heterocycles. The van der Waals surface area contributed by atoms with Crippen molar-refractivity contribution in [1.29, 1.82) is 0 Å². The Balaban J connectivity index is 1.94. The molecular formula is C17H18N3O3+. The van der Waals surface area contributed by atoms with Crippen molar-refractivity contribution in [1.82, 2.24) is 0 Å². The number of carbonyl (C=O) groups is 1. The summed E-state index contributed by atoms with van der Waals surface area (Å²) in [6, 6.07) is 8.79. The average molecular weight is 312 g/mol. The fourth-order valence-electron chi connectivity index (χ4n) is 2.84. The molecule has 0 saturated carbocycles. The van der Waals surface area contributed by atoms with E-state index >= 15 is 0 Å². The van der Waals surface area contributed by atoms with Gasteiger partial charge in [-0.15, -0.1) is 0 Å². The number of benzene rings is 1. The average Bonchev–Trinajstić information content (AvgIpc) is 2.55. The van der Waals surface area contributed by atoms with Gasteiger partial charge in [0.15, 0.2) is 12.4 Å². The number of aromatic nitrogens is 1. The lowest BCUT2D eigenvalue weighted by Gasteiger charge is -2.26. The maximum atomic E-state index is 12.0. The van der Waals surface area contributed by atoms with Crippen LogP contribution >= 0.6 is 0 Å². The third-order valence-corrected chi connectivity index (χ3v) is 4.05. The molecule has 1 amide bonds. The summed E-state index contributed by atoms with van der Waals surface area (Å²) in [7, 11) is 0. The number of amides is 1. The highest BCUT2D eigenvalue weighted by Crippen LogP contribution is 2.22. The summed E-state index contributed by atoms with van der Waals surface area (Å²) in [6.45, 7) is 2.56. The molecule has 0 unspecified atom stereocenters. The van der Waals surface area contributed by atoms with Crippen LogP contribution in [0, 0.1) is 17.0 Å². The summed E-state index contributed by atoms with van der Waals surface area (Å²) in [5.41, 5.74) is 2.26. The highest BCUT2D eigenvalue weighted by molar-refractivity contribution is 5.93. The predicted octanol–water partition coefficient (Wildman–Crippen LogP) is 2.70. The Bertz CT molecular complexity index is 756. The number of hydrogen-bond acceptors (Lipinski definition) is 3. The van der Waals surface area contributed by atoms with Gasteiger partial charge in [0.1, 0.15) is 0 Å². The van der Waals surface area contributed by atoms with Gasteiger partial charge in [0.05, 0.1) is 10.6 Å². The van der Waals surface area contributed by atoms with E-state index in [2.05, 4.69) is 0 Å². The maximum absolute atomic E-state index is 12.0. The molecule has 0 atom stereocenters. The summed E-state index contributed by atoms with van der Waals surface area (Å²) in [6.07, 6.45) is 6.05. The van der Waals surface area contributed by atoms with E-state index in [0.717, 1.165) is 30.6 Å². The Kier molecular flexibility index (Phi) is 4.06. The molecule has 6 nitrogen and oxygen atoms in total. The number of anilines is 1. The first-order valence-electron chi connectivity index (χ1n) is 7.63. The Morgan fingerprint density at radius 2 is 1.91 bits per heavy atom. The van der Waals surface area contributed by atoms with Gasteiger partial charge in [0.2, 0.25) is 5.91 Å². The molecule has 0 N–H and O–H groups in total. The van der Waals surface area contributed by atoms with Gasteiger partial charge in [-0.05, 0) is 25.3 Å². The smallest absolute Gasteiger partial charge is 0.312 e. The number of nitrogens with zero attached hydrogens (tertiary/aromatic N) is 3. The molecule has 1 saturated heterocycles. The van der Waals surface area contributed by atoms with Crippen LogP contribution in [0.25, 0.3) is 5.69 Å². The fourth-order valence-corrected chi connectivity index (χ4v) is 2.84. The van der Waals surface area contributed by atoms with E-state index in [1.165, 1.54) is 0 Å². The first kappa shape index (κ1) is 15.1. The monoisotopic (exact) mass is 312 g/mol. The molecular weight excluding hydrogens is 294 g/mol. The van der Waals surface area contributed by atoms with Crippen molar-refractivity contribution in [3.8, 4) is 5.69 Å². The molecule has 1 aromatic heterocycles. The van der Waals surface area contributed by atoms with Crippen LogP contribution in [0.4, 0.5) is 11.4 Å². The van der Waals surface area contributed by atoms with Gasteiger partial charge < -0.3 is 4.90 Å². The molecule has 23 heavy (non-hydrogen) atoms. The Labute approximate surface area is 134 Å². The topological polar surface area (TPSA) is 67.3 Å². The van der Waals surface area contributed by atoms with Gasteiger partial charge in [-0.3, -0.25) is 14.9 Å². The van der Waals surface area contributed by atoms with E-state index in [-0.39, 0.29) is 16.5 Å². The van der Waals surface area contributed by atoms with Crippen molar-refractivity contribution >= 4 is 17.3 Å². The van der Waals surface area contributed by atoms with Gasteiger partial charge >= 0.3 is 5.69 Å². The quantitative estimate of drug-likeness (QED) is 0.497. The maximum Gasteiger partial charge on any atom is 0.340 e. The van der Waals surface area contributed by atoms with Crippen LogP contribution in [0.2, 0.25) is 0 Å². The molecule has 2 aromatic rings. The Hall–Kier alpha value is -2.76. The summed E-state index contributed by atoms with van der Waals surface area (Å²) in [5.74, 6) is 0.135. The molecule has 1 aromatic carbocycles. The third-order valence-electron chi connectivity index (χ3n) is 4.05. The van der Waals surface area contributed by atoms with E-state index in [0.29, 0.717) is 12.1 Å². The number of piperidine rings is 1. The summed E-state index contributed by atoms with van der Waals surface area (Å²) in [4.78, 5) is 24.6. The largest absolute Gasteiger partial charge is 0.340 e. The van der Waals surface area contributed by atoms with Crippen LogP contribution in [-0.4, -0.2) is 17.4 Å². The van der Waals surface area contributed by atoms with Gasteiger partial charge in [0, 0.05) is 37.2 Å². The van der Waals surface area contributed by atoms with Crippen LogP contribution in [0.1, 0.15) is 24.8 Å². The summed E-state index contributed by atoms with van der Waals surface area (Å²) in [5, 5.41) is 11.2. The summed E-state index contributed by atoms with van der Waals surface area (Å²) < 4.78 is 1.70. The normalized spacial score (nSPS) is 14.8. The number of nitro groups is 1. The molecule has 0 aliphatic carbocycles. The predicted molar refractivity (Wildman–Crippen MR) is 85.6 cm³/mol. The van der Waals surface area contributed by atoms with Crippen molar-refractivity contribution in [2.24, 2.45) is 0 Å². The second-order valence-electron chi connectivity index (χ2n) is 5.72. The van der Waals surface area contributed by atoms with E-state index in [1.807, 2.05) is 25.1 Å². The Morgan fingerprint density at radius 1 is 1.17 bits per heavy atom. The fraction of sp³-hybridized carbons (Fsp3) is 0.294. The zero-order chi connectivity index (χ0) is 16.4. The highest BCUT2D eigenvalue weighted by atomic mass is 16.6. The second-order valence-corrected chi connectivity index (χ2v) is 5.72. The second kappa shape index (κ2) is 6.16. The lowest BCUT2D eigenvalue weighted by molar-refractivity contribution is -0.600. The van der Waals surface area contributed by atoms with Crippen LogP contribution in [-0.2, 0) is 4.79 Å². The molecule has 6 heteroatoms. The molecule has 0 bridgehead atoms. The molecule has 2 heterocycles. The van der Waals surface area contributed by atoms with E-state index in [4.69, 9.17) is 0 Å². The SMILES string of the molecule is Cc1ccc(-[n+]2ccc(N3CCCCC3=O)cc2)c([N+](=O)[O-])c1. The standard InChI is InChI=1S/C17H18N3O3/c1-13-5-6-15(16(12-13)20(22)23)18-10-7-14(8-11-18)19-9-3-2-4-17(19)21/h5-8,10-12H,2-4,9H2,1H3/q+1. The van der Waals surface area contributed by atoms with Crippen LogP contribution < -0.4 is 9.47 Å². The molecule has 0 spiro atoms. The van der Waals surface area contributed by atoms with Crippen molar-refractivity contribution in [2.45, 2.75) is 26.2 Å². The van der Waals surface area contributed by atoms with Crippen molar-refractivity contribution in [3.05, 3.63) is 58.4 Å². The van der Waals surface area contributed by atoms with Gasteiger partial charge in [-0.1, -0.05) is 6.07 Å². The lowest BCUT2D eigenvalue weighted by Crippen LogP contribution is -2.36. The minimum absolute atomic E-state index is 0.0665. The minimum atomic E-state index is -0.378. The number of nitro benzene ring substituents is 1. The van der Waals surface area contributed by atoms with Gasteiger partial charge in [-0.2, -0.15) is 4.57 Å². The van der Waals surface area contributed by atoms with Crippen LogP contribution in [0.5, 0.6) is 0 Å². The first-order chi connectivity index (χ1) is 11.1. The number of pyridine rings is 1. The molecule has 3 rings (SSSR count). The number of aryl methyl sites for hydroxylation is 1. The Morgan fingerprint density at radius 3 is 2.57 bits per heavy atom. The van der Waals surface area contributed by atoms with Crippen LogP contribution in [0.15, 0.2) is 42.7 Å². The zero-order valence-electron chi connectivity index (χ0n) is 12.9. The van der Waals surface area contributed by atoms with Crippen molar-refractivity contribution in [2.75, 3.05) is 11.4 Å². The van der Waals surface area contributed by atoms with Crippen LogP contribution in [0.3, 0.4) is 0 Å².